The van der Waals surface area contributed by atoms with Crippen molar-refractivity contribution in [2.45, 2.75) is 10.9 Å². The molecule has 110 valence electrons. The van der Waals surface area contributed by atoms with Crippen LogP contribution in [0.1, 0.15) is 0 Å². The van der Waals surface area contributed by atoms with E-state index in [2.05, 4.69) is 32.8 Å². The van der Waals surface area contributed by atoms with Gasteiger partial charge in [-0.25, -0.2) is 0 Å². The number of aromatic nitrogens is 6. The van der Waals surface area contributed by atoms with Crippen LogP contribution in [0.2, 0.25) is 0 Å². The number of hydrogen-bond donors (Lipinski definition) is 0. The molecule has 4 rings (SSSR count). The van der Waals surface area contributed by atoms with Crippen LogP contribution in [0.5, 0.6) is 0 Å². The minimum absolute atomic E-state index is 0.510. The third-order valence-corrected chi connectivity index (χ3v) is 9.21. The van der Waals surface area contributed by atoms with Gasteiger partial charge in [-0.2, -0.15) is 0 Å². The molecule has 2 heterocycles. The van der Waals surface area contributed by atoms with E-state index in [1.54, 1.807) is 0 Å². The van der Waals surface area contributed by atoms with Crippen molar-refractivity contribution in [1.82, 2.24) is 30.0 Å². The molecule has 0 amide bonds. The van der Waals surface area contributed by atoms with Gasteiger partial charge in [-0.1, -0.05) is 0 Å². The number of para-hydroxylation sites is 2. The Bertz CT molecular complexity index is 840. The molecule has 2 aromatic carbocycles. The molecule has 0 unspecified atom stereocenters. The molecule has 0 aliphatic heterocycles. The van der Waals surface area contributed by atoms with Crippen LogP contribution in [-0.4, -0.2) is 56.3 Å². The van der Waals surface area contributed by atoms with E-state index < -0.39 is 0 Å². The maximum absolute atomic E-state index is 4.24. The minimum atomic E-state index is 0.510. The summed E-state index contributed by atoms with van der Waals surface area (Å²) in [5.41, 5.74) is 6.08. The van der Waals surface area contributed by atoms with Gasteiger partial charge in [-0.05, 0) is 0 Å². The fraction of sp³-hybridized carbons (Fsp3) is 0.143. The van der Waals surface area contributed by atoms with E-state index in [0.717, 1.165) is 33.0 Å². The van der Waals surface area contributed by atoms with Crippen LogP contribution in [-0.2, 0) is 10.9 Å². The van der Waals surface area contributed by atoms with Gasteiger partial charge in [0.05, 0.1) is 0 Å². The van der Waals surface area contributed by atoms with E-state index >= 15 is 0 Å². The van der Waals surface area contributed by atoms with Gasteiger partial charge in [0, 0.05) is 0 Å². The van der Waals surface area contributed by atoms with Crippen molar-refractivity contribution in [3.63, 3.8) is 0 Å². The Kier molecular flexibility index (Phi) is 3.91. The summed E-state index contributed by atoms with van der Waals surface area (Å²) in [6, 6.07) is 16.2. The molecular formula is C14H12N6Se2. The topological polar surface area (TPSA) is 61.4 Å². The quantitative estimate of drug-likeness (QED) is 0.357. The van der Waals surface area contributed by atoms with Crippen LogP contribution in [0.25, 0.3) is 22.1 Å². The Morgan fingerprint density at radius 1 is 0.682 bits per heavy atom. The second kappa shape index (κ2) is 6.18. The molecule has 4 aromatic rings. The van der Waals surface area contributed by atoms with E-state index in [-0.39, 0.29) is 0 Å². The Hall–Kier alpha value is -1.72. The molecule has 0 atom stereocenters. The second-order valence-electron chi connectivity index (χ2n) is 4.65. The molecule has 0 spiro atoms. The fourth-order valence-electron chi connectivity index (χ4n) is 2.20. The zero-order chi connectivity index (χ0) is 14.8. The van der Waals surface area contributed by atoms with E-state index in [0.29, 0.717) is 26.3 Å². The van der Waals surface area contributed by atoms with Crippen LogP contribution in [0.3, 0.4) is 0 Å². The zero-order valence-corrected chi connectivity index (χ0v) is 15.0. The van der Waals surface area contributed by atoms with Crippen molar-refractivity contribution in [2.24, 2.45) is 0 Å². The number of benzene rings is 2. The first-order valence-electron chi connectivity index (χ1n) is 6.73. The van der Waals surface area contributed by atoms with Crippen molar-refractivity contribution in [2.75, 3.05) is 0 Å². The average molecular weight is 422 g/mol. The Morgan fingerprint density at radius 2 is 1.14 bits per heavy atom. The van der Waals surface area contributed by atoms with Gasteiger partial charge in [-0.15, -0.1) is 0 Å². The zero-order valence-electron chi connectivity index (χ0n) is 11.5. The van der Waals surface area contributed by atoms with E-state index in [4.69, 9.17) is 0 Å². The summed E-state index contributed by atoms with van der Waals surface area (Å²) in [6.07, 6.45) is 0. The SMILES string of the molecule is c1ccc2c(c1)nnn2C[Se][Se]Cn1nnc2ccccc21. The second-order valence-corrected chi connectivity index (χ2v) is 11.9. The molecule has 2 aromatic heterocycles. The molecule has 0 aliphatic carbocycles. The molecule has 0 saturated heterocycles. The summed E-state index contributed by atoms with van der Waals surface area (Å²) in [5.74, 6) is 0. The molecule has 0 fully saturated rings. The number of nitrogens with zero attached hydrogens (tertiary/aromatic N) is 6. The van der Waals surface area contributed by atoms with Crippen LogP contribution >= 0.6 is 0 Å². The van der Waals surface area contributed by atoms with Gasteiger partial charge in [0.2, 0.25) is 0 Å². The van der Waals surface area contributed by atoms with Crippen molar-refractivity contribution in [3.8, 4) is 0 Å². The first-order chi connectivity index (χ1) is 10.9. The molecule has 22 heavy (non-hydrogen) atoms. The summed E-state index contributed by atoms with van der Waals surface area (Å²) in [5, 5.41) is 16.9. The van der Waals surface area contributed by atoms with Gasteiger partial charge in [0.25, 0.3) is 0 Å². The molecule has 8 heteroatoms. The normalized spacial score (nSPS) is 11.5. The molecule has 0 aliphatic rings. The van der Waals surface area contributed by atoms with Gasteiger partial charge in [0.15, 0.2) is 0 Å². The third-order valence-electron chi connectivity index (χ3n) is 3.27. The van der Waals surface area contributed by atoms with Crippen molar-refractivity contribution in [3.05, 3.63) is 48.5 Å². The Balaban J connectivity index is 1.39. The predicted octanol–water partition coefficient (Wildman–Crippen LogP) is 1.11. The fourth-order valence-corrected chi connectivity index (χ4v) is 7.53. The monoisotopic (exact) mass is 424 g/mol. The van der Waals surface area contributed by atoms with Gasteiger partial charge in [-0.3, -0.25) is 0 Å². The van der Waals surface area contributed by atoms with Crippen molar-refractivity contribution < 1.29 is 0 Å². The number of hydrogen-bond acceptors (Lipinski definition) is 4. The Labute approximate surface area is 137 Å². The molecular weight excluding hydrogens is 410 g/mol. The van der Waals surface area contributed by atoms with E-state index in [1.807, 2.05) is 45.8 Å². The first kappa shape index (κ1) is 13.9. The molecule has 0 bridgehead atoms. The van der Waals surface area contributed by atoms with Crippen LogP contribution in [0.15, 0.2) is 48.5 Å². The maximum atomic E-state index is 4.24. The molecule has 0 saturated carbocycles. The van der Waals surface area contributed by atoms with Crippen molar-refractivity contribution >= 4 is 48.3 Å². The standard InChI is InChI=1S/C14H12N6Se2/c1-3-7-13-11(5-1)15-17-19(13)9-21-22-10-20-14-8-4-2-6-12(14)16-18-20/h1-8H,9-10H2. The first-order valence-corrected chi connectivity index (χ1v) is 13.5. The third kappa shape index (κ3) is 2.66. The van der Waals surface area contributed by atoms with Crippen molar-refractivity contribution in [1.29, 1.82) is 0 Å². The number of rotatable bonds is 5. The molecule has 6 nitrogen and oxygen atoms in total. The molecule has 0 radical (unpaired) electrons. The summed E-state index contributed by atoms with van der Waals surface area (Å²) >= 11 is 1.02. The predicted molar refractivity (Wildman–Crippen MR) is 86.6 cm³/mol. The van der Waals surface area contributed by atoms with Crippen LogP contribution in [0, 0.1) is 0 Å². The number of fused-ring (bicyclic) bond motifs is 2. The van der Waals surface area contributed by atoms with E-state index in [1.165, 1.54) is 0 Å². The van der Waals surface area contributed by atoms with Crippen LogP contribution < -0.4 is 0 Å². The van der Waals surface area contributed by atoms with Crippen LogP contribution in [0.4, 0.5) is 0 Å². The molecule has 0 N–H and O–H groups in total. The van der Waals surface area contributed by atoms with Gasteiger partial charge >= 0.3 is 138 Å². The van der Waals surface area contributed by atoms with Gasteiger partial charge in [0.1, 0.15) is 0 Å². The summed E-state index contributed by atoms with van der Waals surface area (Å²) in [4.78, 5) is 0. The van der Waals surface area contributed by atoms with Gasteiger partial charge < -0.3 is 0 Å². The summed E-state index contributed by atoms with van der Waals surface area (Å²) < 4.78 is 4.02. The average Bonchev–Trinajstić information content (AvgIpc) is 3.16. The van der Waals surface area contributed by atoms with E-state index in [9.17, 15) is 0 Å². The summed E-state index contributed by atoms with van der Waals surface area (Å²) in [7, 11) is 0. The Morgan fingerprint density at radius 3 is 1.64 bits per heavy atom. The summed E-state index contributed by atoms with van der Waals surface area (Å²) in [6.45, 7) is 0.